The van der Waals surface area contributed by atoms with Gasteiger partial charge in [-0.15, -0.1) is 0 Å². The molecule has 1 aromatic rings. The van der Waals surface area contributed by atoms with Gasteiger partial charge in [0.1, 0.15) is 22.2 Å². The maximum atomic E-state index is 14.6. The van der Waals surface area contributed by atoms with E-state index in [-0.39, 0.29) is 35.2 Å². The molecule has 124 valence electrons. The lowest BCUT2D eigenvalue weighted by molar-refractivity contribution is -0.0483. The van der Waals surface area contributed by atoms with Crippen molar-refractivity contribution < 1.29 is 22.7 Å². The first-order chi connectivity index (χ1) is 10.0. The Balaban J connectivity index is 2.03. The van der Waals surface area contributed by atoms with Gasteiger partial charge in [0, 0.05) is 0 Å². The Bertz CT molecular complexity index is 656. The predicted molar refractivity (Wildman–Crippen MR) is 79.0 cm³/mol. The van der Waals surface area contributed by atoms with E-state index in [0.717, 1.165) is 12.3 Å². The molecule has 22 heavy (non-hydrogen) atoms. The number of nitrogens with two attached hydrogens (primary N) is 1. The molecule has 1 aliphatic rings. The van der Waals surface area contributed by atoms with Gasteiger partial charge in [-0.25, -0.2) is 22.9 Å². The average molecular weight is 353 g/mol. The fourth-order valence-electron chi connectivity index (χ4n) is 2.25. The summed E-state index contributed by atoms with van der Waals surface area (Å²) in [6.07, 6.45) is 2.05. The highest BCUT2D eigenvalue weighted by Gasteiger charge is 2.40. The molecule has 6 nitrogen and oxygen atoms in total. The molecule has 0 aliphatic heterocycles. The van der Waals surface area contributed by atoms with Crippen molar-refractivity contribution in [2.75, 3.05) is 6.61 Å². The number of sulfonamides is 1. The number of alkyl halides is 1. The summed E-state index contributed by atoms with van der Waals surface area (Å²) in [5.41, 5.74) is -2.41. The van der Waals surface area contributed by atoms with Gasteiger partial charge in [-0.3, -0.25) is 0 Å². The van der Waals surface area contributed by atoms with Gasteiger partial charge in [-0.1, -0.05) is 11.6 Å². The lowest BCUT2D eigenvalue weighted by Gasteiger charge is -2.37. The average Bonchev–Trinajstić information content (AvgIpc) is 2.40. The quantitative estimate of drug-likeness (QED) is 0.860. The first kappa shape index (κ1) is 17.4. The van der Waals surface area contributed by atoms with Crippen molar-refractivity contribution in [3.8, 4) is 5.88 Å². The second-order valence-electron chi connectivity index (χ2n) is 5.94. The fourth-order valence-corrected chi connectivity index (χ4v) is 3.02. The molecule has 2 rings (SSSR count). The van der Waals surface area contributed by atoms with E-state index in [4.69, 9.17) is 21.5 Å². The number of ether oxygens (including phenoxy) is 1. The van der Waals surface area contributed by atoms with E-state index in [9.17, 15) is 17.9 Å². The molecule has 3 N–H and O–H groups in total. The topological polar surface area (TPSA) is 103 Å². The second kappa shape index (κ2) is 5.92. The van der Waals surface area contributed by atoms with Crippen molar-refractivity contribution in [3.05, 3.63) is 17.3 Å². The van der Waals surface area contributed by atoms with Crippen LogP contribution < -0.4 is 9.88 Å². The molecule has 0 atom stereocenters. The standard InChI is InChI=1S/C13H18ClFN2O4S/c1-12(18)2-4-13(15,5-3-12)8-21-11-10(14)6-9(7-17-11)22(16,19)20/h6-7,18H,2-5,8H2,1H3,(H2,16,19,20)/t12-,13+. The highest BCUT2D eigenvalue weighted by Crippen LogP contribution is 2.38. The number of hydrogen-bond donors (Lipinski definition) is 2. The molecule has 0 radical (unpaired) electrons. The first-order valence-corrected chi connectivity index (χ1v) is 8.66. The molecular formula is C13H18ClFN2O4S. The van der Waals surface area contributed by atoms with Crippen LogP contribution in [-0.4, -0.2) is 36.4 Å². The summed E-state index contributed by atoms with van der Waals surface area (Å²) in [5, 5.41) is 14.7. The first-order valence-electron chi connectivity index (χ1n) is 6.73. The number of halogens is 2. The minimum atomic E-state index is -3.91. The van der Waals surface area contributed by atoms with Gasteiger partial charge < -0.3 is 9.84 Å². The third kappa shape index (κ3) is 4.28. The van der Waals surface area contributed by atoms with E-state index in [0.29, 0.717) is 12.8 Å². The zero-order valence-electron chi connectivity index (χ0n) is 12.1. The summed E-state index contributed by atoms with van der Waals surface area (Å²) in [6, 6.07) is 1.11. The van der Waals surface area contributed by atoms with E-state index in [1.807, 2.05) is 0 Å². The summed E-state index contributed by atoms with van der Waals surface area (Å²) in [5.74, 6) is -0.0524. The molecule has 9 heteroatoms. The van der Waals surface area contributed by atoms with Gasteiger partial charge in [-0.05, 0) is 38.7 Å². The van der Waals surface area contributed by atoms with E-state index < -0.39 is 21.3 Å². The van der Waals surface area contributed by atoms with Crippen LogP contribution in [0, 0.1) is 0 Å². The van der Waals surface area contributed by atoms with Gasteiger partial charge in [0.15, 0.2) is 0 Å². The second-order valence-corrected chi connectivity index (χ2v) is 7.91. The maximum Gasteiger partial charge on any atom is 0.239 e. The summed E-state index contributed by atoms with van der Waals surface area (Å²) in [4.78, 5) is 3.52. The van der Waals surface area contributed by atoms with Crippen LogP contribution in [-0.2, 0) is 10.0 Å². The Morgan fingerprint density at radius 1 is 1.45 bits per heavy atom. The number of rotatable bonds is 4. The monoisotopic (exact) mass is 352 g/mol. The number of aromatic nitrogens is 1. The normalized spacial score (nSPS) is 29.3. The Labute approximate surface area is 133 Å². The molecule has 0 unspecified atom stereocenters. The third-order valence-electron chi connectivity index (χ3n) is 3.80. The van der Waals surface area contributed by atoms with Crippen LogP contribution in [0.25, 0.3) is 0 Å². The summed E-state index contributed by atoms with van der Waals surface area (Å²) in [7, 11) is -3.91. The number of nitrogens with zero attached hydrogens (tertiary/aromatic N) is 1. The molecule has 0 bridgehead atoms. The molecular weight excluding hydrogens is 335 g/mol. The fraction of sp³-hybridized carbons (Fsp3) is 0.615. The predicted octanol–water partition coefficient (Wildman–Crippen LogP) is 1.79. The minimum absolute atomic E-state index is 0.0524. The van der Waals surface area contributed by atoms with Crippen LogP contribution in [0.15, 0.2) is 17.2 Å². The summed E-state index contributed by atoms with van der Waals surface area (Å²) >= 11 is 5.87. The molecule has 0 aromatic carbocycles. The van der Waals surface area contributed by atoms with Gasteiger partial charge >= 0.3 is 0 Å². The molecule has 1 heterocycles. The van der Waals surface area contributed by atoms with Crippen molar-refractivity contribution in [2.24, 2.45) is 5.14 Å². The zero-order chi connectivity index (χ0) is 16.6. The van der Waals surface area contributed by atoms with Crippen molar-refractivity contribution in [1.82, 2.24) is 4.98 Å². The highest BCUT2D eigenvalue weighted by atomic mass is 35.5. The number of aliphatic hydroxyl groups is 1. The van der Waals surface area contributed by atoms with Crippen LogP contribution in [0.3, 0.4) is 0 Å². The minimum Gasteiger partial charge on any atom is -0.473 e. The van der Waals surface area contributed by atoms with Crippen molar-refractivity contribution in [2.45, 2.75) is 48.8 Å². The van der Waals surface area contributed by atoms with Crippen molar-refractivity contribution in [1.29, 1.82) is 0 Å². The maximum absolute atomic E-state index is 14.6. The van der Waals surface area contributed by atoms with E-state index in [1.165, 1.54) is 0 Å². The van der Waals surface area contributed by atoms with Crippen molar-refractivity contribution in [3.63, 3.8) is 0 Å². The highest BCUT2D eigenvalue weighted by molar-refractivity contribution is 7.89. The van der Waals surface area contributed by atoms with Gasteiger partial charge in [0.25, 0.3) is 0 Å². The SMILES string of the molecule is C[C@]1(O)CC[C@](F)(COc2ncc(S(N)(=O)=O)cc2Cl)CC1. The zero-order valence-corrected chi connectivity index (χ0v) is 13.6. The summed E-state index contributed by atoms with van der Waals surface area (Å²) < 4.78 is 42.2. The lowest BCUT2D eigenvalue weighted by atomic mass is 9.78. The Morgan fingerprint density at radius 3 is 2.55 bits per heavy atom. The molecule has 1 aliphatic carbocycles. The molecule has 1 fully saturated rings. The van der Waals surface area contributed by atoms with Crippen LogP contribution >= 0.6 is 11.6 Å². The van der Waals surface area contributed by atoms with Gasteiger partial charge in [0.2, 0.25) is 15.9 Å². The number of pyridine rings is 1. The van der Waals surface area contributed by atoms with Crippen LogP contribution in [0.2, 0.25) is 5.02 Å². The Morgan fingerprint density at radius 2 is 2.05 bits per heavy atom. The van der Waals surface area contributed by atoms with Gasteiger partial charge in [-0.2, -0.15) is 0 Å². The van der Waals surface area contributed by atoms with Gasteiger partial charge in [0.05, 0.1) is 11.8 Å². The summed E-state index contributed by atoms with van der Waals surface area (Å²) in [6.45, 7) is 1.42. The van der Waals surface area contributed by atoms with Crippen LogP contribution in [0.1, 0.15) is 32.6 Å². The molecule has 1 aromatic heterocycles. The number of primary sulfonamides is 1. The largest absolute Gasteiger partial charge is 0.473 e. The molecule has 0 saturated heterocycles. The molecule has 1 saturated carbocycles. The van der Waals surface area contributed by atoms with Crippen LogP contribution in [0.5, 0.6) is 5.88 Å². The van der Waals surface area contributed by atoms with E-state index >= 15 is 0 Å². The van der Waals surface area contributed by atoms with E-state index in [2.05, 4.69) is 4.98 Å². The van der Waals surface area contributed by atoms with E-state index in [1.54, 1.807) is 6.92 Å². The Kier molecular flexibility index (Phi) is 4.68. The molecule has 0 spiro atoms. The Hall–Kier alpha value is -0.960. The smallest absolute Gasteiger partial charge is 0.239 e. The third-order valence-corrected chi connectivity index (χ3v) is 4.95. The number of hydrogen-bond acceptors (Lipinski definition) is 5. The lowest BCUT2D eigenvalue weighted by Crippen LogP contribution is -2.42. The molecule has 0 amide bonds. The van der Waals surface area contributed by atoms with Crippen LogP contribution in [0.4, 0.5) is 4.39 Å². The van der Waals surface area contributed by atoms with Crippen molar-refractivity contribution >= 4 is 21.6 Å².